The molecule has 1 aromatic carbocycles. The molecular weight excluding hydrogens is 318 g/mol. The second kappa shape index (κ2) is 5.73. The van der Waals surface area contributed by atoms with E-state index in [9.17, 15) is 13.2 Å². The van der Waals surface area contributed by atoms with Crippen LogP contribution in [0.4, 0.5) is 0 Å². The van der Waals surface area contributed by atoms with Crippen molar-refractivity contribution in [2.45, 2.75) is 23.8 Å². The third-order valence-corrected chi connectivity index (χ3v) is 4.74. The lowest BCUT2D eigenvalue weighted by molar-refractivity contribution is 0.0781. The topological polar surface area (TPSA) is 72.9 Å². The summed E-state index contributed by atoms with van der Waals surface area (Å²) in [4.78, 5) is 13.8. The van der Waals surface area contributed by atoms with Gasteiger partial charge in [-0.2, -0.15) is 0 Å². The molecule has 0 radical (unpaired) electrons. The standard InChI is InChI=1S/C13H16ClNO5S/c1-15(8-4-5-8)13(16)9-6-12(21(14,17)18)11(20-3)7-10(9)19-2/h6-8H,4-5H2,1-3H3. The van der Waals surface area contributed by atoms with E-state index >= 15 is 0 Å². The molecule has 0 saturated heterocycles. The average molecular weight is 334 g/mol. The van der Waals surface area contributed by atoms with Crippen LogP contribution in [0.15, 0.2) is 17.0 Å². The van der Waals surface area contributed by atoms with Crippen molar-refractivity contribution < 1.29 is 22.7 Å². The summed E-state index contributed by atoms with van der Waals surface area (Å²) in [5.41, 5.74) is 0.145. The van der Waals surface area contributed by atoms with Gasteiger partial charge in [0.05, 0.1) is 19.8 Å². The summed E-state index contributed by atoms with van der Waals surface area (Å²) in [5, 5.41) is 0. The summed E-state index contributed by atoms with van der Waals surface area (Å²) in [5.74, 6) is -0.0283. The zero-order chi connectivity index (χ0) is 15.8. The number of rotatable bonds is 5. The molecule has 0 atom stereocenters. The Morgan fingerprint density at radius 2 is 1.81 bits per heavy atom. The summed E-state index contributed by atoms with van der Waals surface area (Å²) >= 11 is 0. The average Bonchev–Trinajstić information content (AvgIpc) is 3.27. The van der Waals surface area contributed by atoms with Crippen LogP contribution >= 0.6 is 10.7 Å². The Hall–Kier alpha value is -1.47. The molecule has 2 rings (SSSR count). The molecule has 0 unspecified atom stereocenters. The van der Waals surface area contributed by atoms with E-state index in [1.807, 2.05) is 0 Å². The fraction of sp³-hybridized carbons (Fsp3) is 0.462. The Labute approximate surface area is 128 Å². The van der Waals surface area contributed by atoms with Gasteiger partial charge in [0.2, 0.25) is 0 Å². The highest BCUT2D eigenvalue weighted by Gasteiger charge is 2.32. The molecule has 0 aromatic heterocycles. The monoisotopic (exact) mass is 333 g/mol. The Balaban J connectivity index is 2.55. The highest BCUT2D eigenvalue weighted by atomic mass is 35.7. The molecule has 116 valence electrons. The fourth-order valence-electron chi connectivity index (χ4n) is 2.05. The van der Waals surface area contributed by atoms with Crippen LogP contribution in [-0.4, -0.2) is 46.5 Å². The van der Waals surface area contributed by atoms with Gasteiger partial charge in [-0.25, -0.2) is 8.42 Å². The molecule has 1 amide bonds. The zero-order valence-corrected chi connectivity index (χ0v) is 13.5. The van der Waals surface area contributed by atoms with Crippen molar-refractivity contribution in [1.82, 2.24) is 4.90 Å². The lowest BCUT2D eigenvalue weighted by Gasteiger charge is -2.19. The van der Waals surface area contributed by atoms with Crippen molar-refractivity contribution >= 4 is 25.6 Å². The number of nitrogens with zero attached hydrogens (tertiary/aromatic N) is 1. The lowest BCUT2D eigenvalue weighted by atomic mass is 10.1. The first-order valence-corrected chi connectivity index (χ1v) is 8.58. The van der Waals surface area contributed by atoms with E-state index in [1.54, 1.807) is 11.9 Å². The second-order valence-electron chi connectivity index (χ2n) is 4.79. The van der Waals surface area contributed by atoms with E-state index in [0.29, 0.717) is 0 Å². The summed E-state index contributed by atoms with van der Waals surface area (Å²) in [6.07, 6.45) is 1.89. The summed E-state index contributed by atoms with van der Waals surface area (Å²) in [6, 6.07) is 2.74. The quantitative estimate of drug-likeness (QED) is 0.769. The molecule has 21 heavy (non-hydrogen) atoms. The van der Waals surface area contributed by atoms with Gasteiger partial charge in [0.15, 0.2) is 0 Å². The van der Waals surface area contributed by atoms with Gasteiger partial charge in [-0.3, -0.25) is 4.79 Å². The number of carbonyl (C=O) groups excluding carboxylic acids is 1. The maximum atomic E-state index is 12.5. The minimum absolute atomic E-state index is 0.0347. The van der Waals surface area contributed by atoms with Gasteiger partial charge in [-0.05, 0) is 18.9 Å². The van der Waals surface area contributed by atoms with Gasteiger partial charge in [0, 0.05) is 29.8 Å². The molecule has 6 nitrogen and oxygen atoms in total. The van der Waals surface area contributed by atoms with E-state index in [4.69, 9.17) is 20.2 Å². The third-order valence-electron chi connectivity index (χ3n) is 3.39. The van der Waals surface area contributed by atoms with E-state index in [1.165, 1.54) is 26.4 Å². The smallest absolute Gasteiger partial charge is 0.265 e. The maximum Gasteiger partial charge on any atom is 0.265 e. The number of hydrogen-bond donors (Lipinski definition) is 0. The van der Waals surface area contributed by atoms with Gasteiger partial charge in [0.1, 0.15) is 16.4 Å². The maximum absolute atomic E-state index is 12.5. The number of amides is 1. The van der Waals surface area contributed by atoms with Crippen molar-refractivity contribution in [2.75, 3.05) is 21.3 Å². The summed E-state index contributed by atoms with van der Waals surface area (Å²) < 4.78 is 33.4. The first-order chi connectivity index (χ1) is 9.79. The van der Waals surface area contributed by atoms with E-state index in [0.717, 1.165) is 12.8 Å². The number of hydrogen-bond acceptors (Lipinski definition) is 5. The molecule has 0 aliphatic heterocycles. The van der Waals surface area contributed by atoms with Gasteiger partial charge >= 0.3 is 0 Å². The molecule has 0 bridgehead atoms. The molecule has 1 aliphatic carbocycles. The largest absolute Gasteiger partial charge is 0.496 e. The minimum Gasteiger partial charge on any atom is -0.496 e. The van der Waals surface area contributed by atoms with Crippen molar-refractivity contribution in [2.24, 2.45) is 0 Å². The highest BCUT2D eigenvalue weighted by molar-refractivity contribution is 8.13. The molecule has 1 saturated carbocycles. The van der Waals surface area contributed by atoms with Crippen LogP contribution in [0.25, 0.3) is 0 Å². The van der Waals surface area contributed by atoms with Gasteiger partial charge in [-0.1, -0.05) is 0 Å². The molecule has 1 aromatic rings. The van der Waals surface area contributed by atoms with Gasteiger partial charge in [0.25, 0.3) is 15.0 Å². The molecule has 8 heteroatoms. The fourth-order valence-corrected chi connectivity index (χ4v) is 3.05. The lowest BCUT2D eigenvalue weighted by Crippen LogP contribution is -2.29. The number of methoxy groups -OCH3 is 2. The van der Waals surface area contributed by atoms with Crippen LogP contribution in [0.3, 0.4) is 0 Å². The summed E-state index contributed by atoms with van der Waals surface area (Å²) in [7, 11) is 5.76. The first kappa shape index (κ1) is 15.9. The predicted octanol–water partition coefficient (Wildman–Crippen LogP) is 1.87. The van der Waals surface area contributed by atoms with Crippen molar-refractivity contribution in [3.63, 3.8) is 0 Å². The van der Waals surface area contributed by atoms with Crippen LogP contribution < -0.4 is 9.47 Å². The van der Waals surface area contributed by atoms with Crippen LogP contribution in [-0.2, 0) is 9.05 Å². The molecule has 1 aliphatic rings. The molecule has 1 fully saturated rings. The normalized spacial score (nSPS) is 14.7. The predicted molar refractivity (Wildman–Crippen MR) is 77.7 cm³/mol. The van der Waals surface area contributed by atoms with Gasteiger partial charge in [-0.15, -0.1) is 0 Å². The first-order valence-electron chi connectivity index (χ1n) is 6.27. The SMILES string of the molecule is COc1cc(OC)c(S(=O)(=O)Cl)cc1C(=O)N(C)C1CC1. The van der Waals surface area contributed by atoms with E-state index < -0.39 is 9.05 Å². The Kier molecular flexibility index (Phi) is 4.34. The number of benzene rings is 1. The Bertz CT molecular complexity index is 669. The second-order valence-corrected chi connectivity index (χ2v) is 7.32. The number of carbonyl (C=O) groups is 1. The van der Waals surface area contributed by atoms with Crippen LogP contribution in [0.2, 0.25) is 0 Å². The third kappa shape index (κ3) is 3.24. The van der Waals surface area contributed by atoms with Crippen molar-refractivity contribution in [1.29, 1.82) is 0 Å². The highest BCUT2D eigenvalue weighted by Crippen LogP contribution is 2.36. The van der Waals surface area contributed by atoms with Crippen LogP contribution in [0, 0.1) is 0 Å². The molecular formula is C13H16ClNO5S. The van der Waals surface area contributed by atoms with Crippen molar-refractivity contribution in [3.8, 4) is 11.5 Å². The minimum atomic E-state index is -4.04. The Morgan fingerprint density at radius 1 is 1.24 bits per heavy atom. The molecule has 0 spiro atoms. The summed E-state index contributed by atoms with van der Waals surface area (Å²) in [6.45, 7) is 0. The molecule has 0 N–H and O–H groups in total. The van der Waals surface area contributed by atoms with E-state index in [-0.39, 0.29) is 33.9 Å². The number of ether oxygens (including phenoxy) is 2. The van der Waals surface area contributed by atoms with E-state index in [2.05, 4.69) is 0 Å². The van der Waals surface area contributed by atoms with Crippen LogP contribution in [0.5, 0.6) is 11.5 Å². The number of halogens is 1. The van der Waals surface area contributed by atoms with Crippen molar-refractivity contribution in [3.05, 3.63) is 17.7 Å². The molecule has 0 heterocycles. The Morgan fingerprint density at radius 3 is 2.24 bits per heavy atom. The zero-order valence-electron chi connectivity index (χ0n) is 11.9. The van der Waals surface area contributed by atoms with Gasteiger partial charge < -0.3 is 14.4 Å². The van der Waals surface area contributed by atoms with Crippen LogP contribution in [0.1, 0.15) is 23.2 Å².